The van der Waals surface area contributed by atoms with E-state index in [4.69, 9.17) is 9.72 Å². The molecule has 1 amide bonds. The van der Waals surface area contributed by atoms with Gasteiger partial charge in [0.15, 0.2) is 0 Å². The van der Waals surface area contributed by atoms with Crippen molar-refractivity contribution < 1.29 is 22.7 Å². The summed E-state index contributed by atoms with van der Waals surface area (Å²) in [7, 11) is 0. The van der Waals surface area contributed by atoms with Crippen LogP contribution in [0.4, 0.5) is 18.9 Å². The van der Waals surface area contributed by atoms with Crippen molar-refractivity contribution in [3.05, 3.63) is 53.7 Å². The van der Waals surface area contributed by atoms with Crippen molar-refractivity contribution >= 4 is 17.2 Å². The third-order valence-corrected chi connectivity index (χ3v) is 6.19. The summed E-state index contributed by atoms with van der Waals surface area (Å²) in [6.45, 7) is 2.10. The number of alkyl halides is 3. The summed E-state index contributed by atoms with van der Waals surface area (Å²) in [5.74, 6) is -0.435. The number of hydrogen-bond donors (Lipinski definition) is 1. The highest BCUT2D eigenvalue weighted by molar-refractivity contribution is 6.03. The molecule has 0 saturated heterocycles. The molecule has 3 aliphatic carbocycles. The van der Waals surface area contributed by atoms with E-state index >= 15 is 0 Å². The molecule has 0 spiro atoms. The number of nitrogens with zero attached hydrogens (tertiary/aromatic N) is 4. The second-order valence-electron chi connectivity index (χ2n) is 8.44. The van der Waals surface area contributed by atoms with Crippen molar-refractivity contribution in [2.75, 3.05) is 11.9 Å². The first kappa shape index (κ1) is 20.3. The highest BCUT2D eigenvalue weighted by atomic mass is 19.4. The molecule has 0 radical (unpaired) electrons. The van der Waals surface area contributed by atoms with E-state index in [1.54, 1.807) is 23.6 Å². The fourth-order valence-electron chi connectivity index (χ4n) is 4.72. The van der Waals surface area contributed by atoms with Crippen LogP contribution in [-0.4, -0.2) is 26.9 Å². The minimum Gasteiger partial charge on any atom is -0.491 e. The van der Waals surface area contributed by atoms with E-state index in [-0.39, 0.29) is 16.5 Å². The van der Waals surface area contributed by atoms with Crippen LogP contribution in [0.15, 0.2) is 36.7 Å². The Morgan fingerprint density at radius 1 is 1.28 bits per heavy atom. The molecular weight excluding hydrogens is 423 g/mol. The Labute approximate surface area is 180 Å². The number of amides is 1. The van der Waals surface area contributed by atoms with Gasteiger partial charge in [0.1, 0.15) is 28.5 Å². The van der Waals surface area contributed by atoms with Gasteiger partial charge in [-0.25, -0.2) is 9.97 Å². The van der Waals surface area contributed by atoms with Crippen LogP contribution in [0.5, 0.6) is 5.75 Å². The van der Waals surface area contributed by atoms with E-state index in [1.807, 2.05) is 6.20 Å². The molecule has 1 N–H and O–H groups in total. The fourth-order valence-corrected chi connectivity index (χ4v) is 4.72. The van der Waals surface area contributed by atoms with Crippen LogP contribution in [0.2, 0.25) is 0 Å². The molecule has 32 heavy (non-hydrogen) atoms. The Morgan fingerprint density at radius 3 is 2.69 bits per heavy atom. The number of nitriles is 1. The summed E-state index contributed by atoms with van der Waals surface area (Å²) in [4.78, 5) is 20.8. The lowest BCUT2D eigenvalue weighted by Crippen LogP contribution is -2.63. The Kier molecular flexibility index (Phi) is 4.25. The van der Waals surface area contributed by atoms with E-state index in [2.05, 4.69) is 16.4 Å². The van der Waals surface area contributed by atoms with Crippen LogP contribution < -0.4 is 10.1 Å². The molecule has 3 heterocycles. The molecule has 3 aromatic rings. The fraction of sp³-hybridized carbons (Fsp3) is 0.364. The van der Waals surface area contributed by atoms with Crippen molar-refractivity contribution in [3.63, 3.8) is 0 Å². The molecule has 3 saturated carbocycles. The molecule has 6 rings (SSSR count). The van der Waals surface area contributed by atoms with E-state index in [1.165, 1.54) is 6.07 Å². The Hall–Kier alpha value is -3.61. The summed E-state index contributed by atoms with van der Waals surface area (Å²) >= 11 is 0. The van der Waals surface area contributed by atoms with Gasteiger partial charge in [0.2, 0.25) is 0 Å². The number of nitrogens with one attached hydrogen (secondary N) is 1. The quantitative estimate of drug-likeness (QED) is 0.636. The number of fused-ring (bicyclic) bond motifs is 1. The highest BCUT2D eigenvalue weighted by Crippen LogP contribution is 2.73. The number of halogens is 3. The lowest BCUT2D eigenvalue weighted by Gasteiger charge is -2.66. The van der Waals surface area contributed by atoms with Gasteiger partial charge in [-0.3, -0.25) is 4.79 Å². The van der Waals surface area contributed by atoms with Crippen molar-refractivity contribution in [3.8, 4) is 11.8 Å². The van der Waals surface area contributed by atoms with Gasteiger partial charge in [-0.2, -0.15) is 18.4 Å². The second kappa shape index (κ2) is 6.69. The maximum Gasteiger partial charge on any atom is 0.433 e. The summed E-state index contributed by atoms with van der Waals surface area (Å²) in [6, 6.07) is 7.21. The molecule has 0 atom stereocenters. The van der Waals surface area contributed by atoms with Crippen LogP contribution in [0, 0.1) is 16.7 Å². The smallest absolute Gasteiger partial charge is 0.433 e. The summed E-state index contributed by atoms with van der Waals surface area (Å²) in [5.41, 5.74) is 0.0263. The average molecular weight is 441 g/mol. The molecule has 0 aliphatic heterocycles. The molecule has 164 valence electrons. The first-order chi connectivity index (χ1) is 15.2. The van der Waals surface area contributed by atoms with Crippen LogP contribution >= 0.6 is 0 Å². The van der Waals surface area contributed by atoms with Crippen molar-refractivity contribution in [2.24, 2.45) is 5.41 Å². The minimum absolute atomic E-state index is 0.0705. The van der Waals surface area contributed by atoms with Crippen molar-refractivity contribution in [1.29, 1.82) is 5.26 Å². The third-order valence-electron chi connectivity index (χ3n) is 6.19. The third kappa shape index (κ3) is 3.07. The first-order valence-corrected chi connectivity index (χ1v) is 10.1. The predicted molar refractivity (Wildman–Crippen MR) is 107 cm³/mol. The normalized spacial score (nSPS) is 23.7. The lowest BCUT2D eigenvalue weighted by atomic mass is 9.35. The number of ether oxygens (including phenoxy) is 1. The van der Waals surface area contributed by atoms with Crippen LogP contribution in [-0.2, 0) is 11.6 Å². The summed E-state index contributed by atoms with van der Waals surface area (Å²) in [6.07, 6.45) is 1.22. The zero-order chi connectivity index (χ0) is 22.7. The number of carbonyl (C=O) groups is 1. The monoisotopic (exact) mass is 441 g/mol. The molecule has 3 fully saturated rings. The zero-order valence-electron chi connectivity index (χ0n) is 17.0. The lowest BCUT2D eigenvalue weighted by molar-refractivity contribution is -0.141. The van der Waals surface area contributed by atoms with E-state index < -0.39 is 17.8 Å². The SMILES string of the molecule is CCOc1cc2nc(C34CC(C#N)(C3)C4)cn2cc1NC(=O)c1cccc(C(F)(F)F)n1. The van der Waals surface area contributed by atoms with Gasteiger partial charge in [0, 0.05) is 23.9 Å². The summed E-state index contributed by atoms with van der Waals surface area (Å²) < 4.78 is 46.2. The molecule has 2 bridgehead atoms. The number of hydrogen-bond acceptors (Lipinski definition) is 5. The number of imidazole rings is 1. The first-order valence-electron chi connectivity index (χ1n) is 10.1. The van der Waals surface area contributed by atoms with E-state index in [9.17, 15) is 23.2 Å². The van der Waals surface area contributed by atoms with Gasteiger partial charge >= 0.3 is 6.18 Å². The molecule has 7 nitrogen and oxygen atoms in total. The van der Waals surface area contributed by atoms with Crippen LogP contribution in [0.25, 0.3) is 5.65 Å². The van der Waals surface area contributed by atoms with Gasteiger partial charge in [0.25, 0.3) is 5.91 Å². The van der Waals surface area contributed by atoms with Crippen molar-refractivity contribution in [2.45, 2.75) is 37.8 Å². The number of rotatable bonds is 5. The second-order valence-corrected chi connectivity index (χ2v) is 8.44. The van der Waals surface area contributed by atoms with Gasteiger partial charge in [-0.1, -0.05) is 6.07 Å². The van der Waals surface area contributed by atoms with Crippen molar-refractivity contribution in [1.82, 2.24) is 14.4 Å². The largest absolute Gasteiger partial charge is 0.491 e. The minimum atomic E-state index is -4.65. The molecule has 10 heteroatoms. The van der Waals surface area contributed by atoms with Gasteiger partial charge in [-0.05, 0) is 38.3 Å². The molecular formula is C22H18F3N5O2. The van der Waals surface area contributed by atoms with E-state index in [0.29, 0.717) is 23.7 Å². The maximum absolute atomic E-state index is 12.9. The number of carbonyl (C=O) groups excluding carboxylic acids is 1. The molecule has 0 unspecified atom stereocenters. The molecule has 0 aromatic carbocycles. The topological polar surface area (TPSA) is 92.3 Å². The number of aromatic nitrogens is 3. The maximum atomic E-state index is 12.9. The average Bonchev–Trinajstić information content (AvgIpc) is 3.08. The van der Waals surface area contributed by atoms with E-state index in [0.717, 1.165) is 37.1 Å². The van der Waals surface area contributed by atoms with Gasteiger partial charge < -0.3 is 14.5 Å². The Bertz CT molecular complexity index is 1270. The molecule has 3 aromatic heterocycles. The highest BCUT2D eigenvalue weighted by Gasteiger charge is 2.70. The van der Waals surface area contributed by atoms with Crippen LogP contribution in [0.1, 0.15) is 48.1 Å². The summed E-state index contributed by atoms with van der Waals surface area (Å²) in [5, 5.41) is 11.9. The number of pyridine rings is 2. The standard InChI is InChI=1S/C22H18F3N5O2/c1-2-32-15-6-18-29-17(21-9-20(10-21,11-21)12-26)8-30(18)7-14(15)28-19(31)13-4-3-5-16(27-13)22(23,24)25/h3-8H,2,9-11H2,1H3,(H,28,31). The predicted octanol–water partition coefficient (Wildman–Crippen LogP) is 4.34. The molecule has 3 aliphatic rings. The number of anilines is 1. The Morgan fingerprint density at radius 2 is 2.03 bits per heavy atom. The van der Waals surface area contributed by atoms with Crippen LogP contribution in [0.3, 0.4) is 0 Å². The van der Waals surface area contributed by atoms with Gasteiger partial charge in [0.05, 0.1) is 23.8 Å². The van der Waals surface area contributed by atoms with Gasteiger partial charge in [-0.15, -0.1) is 0 Å². The Balaban J connectivity index is 1.45. The zero-order valence-corrected chi connectivity index (χ0v) is 17.0.